The van der Waals surface area contributed by atoms with Gasteiger partial charge in [-0.05, 0) is 48.5 Å². The van der Waals surface area contributed by atoms with E-state index in [-0.39, 0.29) is 11.6 Å². The minimum atomic E-state index is -0.458. The summed E-state index contributed by atoms with van der Waals surface area (Å²) in [6, 6.07) is 16.9. The molecule has 3 rings (SSSR count). The highest BCUT2D eigenvalue weighted by Crippen LogP contribution is 2.24. The molecule has 0 radical (unpaired) electrons. The van der Waals surface area contributed by atoms with Crippen molar-refractivity contribution in [3.8, 4) is 11.3 Å². The van der Waals surface area contributed by atoms with Crippen LogP contribution in [0.2, 0.25) is 5.02 Å². The molecule has 0 saturated carbocycles. The van der Waals surface area contributed by atoms with Crippen LogP contribution in [0.1, 0.15) is 12.2 Å². The van der Waals surface area contributed by atoms with E-state index in [9.17, 15) is 14.9 Å². The third-order valence-electron chi connectivity index (χ3n) is 3.78. The van der Waals surface area contributed by atoms with Crippen LogP contribution in [0.3, 0.4) is 0 Å². The lowest BCUT2D eigenvalue weighted by Crippen LogP contribution is -2.17. The Hall–Kier alpha value is -3.10. The highest BCUT2D eigenvalue weighted by Gasteiger charge is 2.08. The zero-order valence-electron chi connectivity index (χ0n) is 15.1. The summed E-state index contributed by atoms with van der Waals surface area (Å²) in [5.74, 6) is 1.42. The average Bonchev–Trinajstić information content (AvgIpc) is 3.18. The summed E-state index contributed by atoms with van der Waals surface area (Å²) in [6.45, 7) is 0. The van der Waals surface area contributed by atoms with E-state index in [0.29, 0.717) is 34.3 Å². The summed E-state index contributed by atoms with van der Waals surface area (Å²) in [5.41, 5.74) is 3.18. The SMILES string of the molecule is O=C(CCSc1ccc(Cl)cc1)N/N=C\c1ccc(-c2ccc([N+](=O)[O-])cc2)o1. The molecule has 1 heterocycles. The predicted octanol–water partition coefficient (Wildman–Crippen LogP) is 5.14. The first-order chi connectivity index (χ1) is 14.0. The number of thioether (sulfide) groups is 1. The van der Waals surface area contributed by atoms with Crippen molar-refractivity contribution in [1.82, 2.24) is 5.43 Å². The molecule has 9 heteroatoms. The van der Waals surface area contributed by atoms with E-state index >= 15 is 0 Å². The van der Waals surface area contributed by atoms with Crippen molar-refractivity contribution in [1.29, 1.82) is 0 Å². The van der Waals surface area contributed by atoms with E-state index in [1.165, 1.54) is 18.3 Å². The Kier molecular flexibility index (Phi) is 7.04. The molecule has 0 aliphatic carbocycles. The lowest BCUT2D eigenvalue weighted by Gasteiger charge is -2.01. The largest absolute Gasteiger partial charge is 0.455 e. The Morgan fingerprint density at radius 3 is 2.55 bits per heavy atom. The molecule has 0 saturated heterocycles. The van der Waals surface area contributed by atoms with Crippen LogP contribution in [0.25, 0.3) is 11.3 Å². The highest BCUT2D eigenvalue weighted by atomic mass is 35.5. The van der Waals surface area contributed by atoms with Crippen LogP contribution in [-0.2, 0) is 4.79 Å². The summed E-state index contributed by atoms with van der Waals surface area (Å²) in [7, 11) is 0. The Labute approximate surface area is 175 Å². The van der Waals surface area contributed by atoms with Gasteiger partial charge in [0.25, 0.3) is 5.69 Å². The monoisotopic (exact) mass is 429 g/mol. The first-order valence-electron chi connectivity index (χ1n) is 8.56. The molecule has 7 nitrogen and oxygen atoms in total. The third kappa shape index (κ3) is 6.20. The third-order valence-corrected chi connectivity index (χ3v) is 5.05. The maximum Gasteiger partial charge on any atom is 0.269 e. The van der Waals surface area contributed by atoms with E-state index < -0.39 is 4.92 Å². The number of amides is 1. The molecule has 0 atom stereocenters. The van der Waals surface area contributed by atoms with Crippen LogP contribution in [0.15, 0.2) is 75.1 Å². The Morgan fingerprint density at radius 1 is 1.14 bits per heavy atom. The standard InChI is InChI=1S/C20H16ClN3O4S/c21-15-3-8-18(9-4-15)29-12-11-20(25)23-22-13-17-7-10-19(28-17)14-1-5-16(6-2-14)24(26)27/h1-10,13H,11-12H2,(H,23,25)/b22-13-. The van der Waals surface area contributed by atoms with Gasteiger partial charge in [0.1, 0.15) is 11.5 Å². The van der Waals surface area contributed by atoms with Crippen molar-refractivity contribution in [2.45, 2.75) is 11.3 Å². The molecule has 2 aromatic carbocycles. The summed E-state index contributed by atoms with van der Waals surface area (Å²) in [5, 5.41) is 15.3. The Bertz CT molecular complexity index is 1020. The smallest absolute Gasteiger partial charge is 0.269 e. The van der Waals surface area contributed by atoms with Gasteiger partial charge in [0.15, 0.2) is 0 Å². The molecule has 0 unspecified atom stereocenters. The van der Waals surface area contributed by atoms with Crippen molar-refractivity contribution < 1.29 is 14.1 Å². The summed E-state index contributed by atoms with van der Waals surface area (Å²) < 4.78 is 5.62. The second-order valence-electron chi connectivity index (χ2n) is 5.85. The minimum Gasteiger partial charge on any atom is -0.455 e. The number of nitrogens with one attached hydrogen (secondary N) is 1. The fourth-order valence-electron chi connectivity index (χ4n) is 2.34. The molecule has 148 valence electrons. The average molecular weight is 430 g/mol. The number of halogens is 1. The maximum atomic E-state index is 11.8. The lowest BCUT2D eigenvalue weighted by molar-refractivity contribution is -0.384. The van der Waals surface area contributed by atoms with Crippen molar-refractivity contribution in [3.05, 3.63) is 81.6 Å². The van der Waals surface area contributed by atoms with Gasteiger partial charge < -0.3 is 4.42 Å². The molecule has 3 aromatic rings. The fraction of sp³-hybridized carbons (Fsp3) is 0.100. The zero-order chi connectivity index (χ0) is 20.6. The molecule has 29 heavy (non-hydrogen) atoms. The zero-order valence-corrected chi connectivity index (χ0v) is 16.7. The van der Waals surface area contributed by atoms with Gasteiger partial charge in [-0.1, -0.05) is 11.6 Å². The van der Waals surface area contributed by atoms with Gasteiger partial charge in [-0.2, -0.15) is 5.10 Å². The van der Waals surface area contributed by atoms with Crippen LogP contribution < -0.4 is 5.43 Å². The van der Waals surface area contributed by atoms with Crippen LogP contribution in [0, 0.1) is 10.1 Å². The quantitative estimate of drug-likeness (QED) is 0.231. The highest BCUT2D eigenvalue weighted by molar-refractivity contribution is 7.99. The molecule has 0 fully saturated rings. The molecule has 1 aromatic heterocycles. The number of carbonyl (C=O) groups is 1. The topological polar surface area (TPSA) is 97.7 Å². The maximum absolute atomic E-state index is 11.8. The van der Waals surface area contributed by atoms with Gasteiger partial charge in [0, 0.05) is 39.8 Å². The van der Waals surface area contributed by atoms with Gasteiger partial charge in [0.2, 0.25) is 5.91 Å². The number of furan rings is 1. The number of nitro groups is 1. The number of hydrazone groups is 1. The van der Waals surface area contributed by atoms with Gasteiger partial charge in [0.05, 0.1) is 11.1 Å². The normalized spacial score (nSPS) is 10.9. The van der Waals surface area contributed by atoms with Gasteiger partial charge in [-0.15, -0.1) is 11.8 Å². The second-order valence-corrected chi connectivity index (χ2v) is 7.46. The van der Waals surface area contributed by atoms with E-state index in [1.54, 1.807) is 36.0 Å². The molecule has 1 amide bonds. The van der Waals surface area contributed by atoms with Crippen molar-refractivity contribution in [2.75, 3.05) is 5.75 Å². The first kappa shape index (κ1) is 20.6. The number of hydrogen-bond donors (Lipinski definition) is 1. The van der Waals surface area contributed by atoms with Gasteiger partial charge >= 0.3 is 0 Å². The van der Waals surface area contributed by atoms with Crippen LogP contribution >= 0.6 is 23.4 Å². The Balaban J connectivity index is 1.46. The number of rotatable bonds is 8. The van der Waals surface area contributed by atoms with Crippen molar-refractivity contribution in [3.63, 3.8) is 0 Å². The molecule has 0 spiro atoms. The molecule has 0 aliphatic heterocycles. The summed E-state index contributed by atoms with van der Waals surface area (Å²) in [4.78, 5) is 23.1. The molecule has 0 aliphatic rings. The number of nitrogens with zero attached hydrogens (tertiary/aromatic N) is 2. The van der Waals surface area contributed by atoms with Crippen LogP contribution in [0.4, 0.5) is 5.69 Å². The Morgan fingerprint density at radius 2 is 1.86 bits per heavy atom. The van der Waals surface area contributed by atoms with E-state index in [0.717, 1.165) is 4.90 Å². The number of hydrogen-bond acceptors (Lipinski definition) is 6. The predicted molar refractivity (Wildman–Crippen MR) is 113 cm³/mol. The first-order valence-corrected chi connectivity index (χ1v) is 9.92. The minimum absolute atomic E-state index is 0.0130. The lowest BCUT2D eigenvalue weighted by atomic mass is 10.1. The van der Waals surface area contributed by atoms with E-state index in [1.807, 2.05) is 24.3 Å². The van der Waals surface area contributed by atoms with Gasteiger partial charge in [-0.3, -0.25) is 14.9 Å². The van der Waals surface area contributed by atoms with Crippen LogP contribution in [-0.4, -0.2) is 22.8 Å². The number of carbonyl (C=O) groups excluding carboxylic acids is 1. The van der Waals surface area contributed by atoms with Crippen molar-refractivity contribution >= 4 is 41.2 Å². The number of benzene rings is 2. The van der Waals surface area contributed by atoms with E-state index in [4.69, 9.17) is 16.0 Å². The number of non-ortho nitro benzene ring substituents is 1. The number of nitro benzene ring substituents is 1. The molecule has 0 bridgehead atoms. The summed E-state index contributed by atoms with van der Waals surface area (Å²) >= 11 is 7.40. The van der Waals surface area contributed by atoms with Crippen LogP contribution in [0.5, 0.6) is 0 Å². The van der Waals surface area contributed by atoms with Gasteiger partial charge in [-0.25, -0.2) is 5.43 Å². The molecular formula is C20H16ClN3O4S. The fourth-order valence-corrected chi connectivity index (χ4v) is 3.32. The second kappa shape index (κ2) is 9.90. The molecular weight excluding hydrogens is 414 g/mol. The summed E-state index contributed by atoms with van der Waals surface area (Å²) in [6.07, 6.45) is 1.72. The van der Waals surface area contributed by atoms with E-state index in [2.05, 4.69) is 10.5 Å². The molecule has 1 N–H and O–H groups in total. The van der Waals surface area contributed by atoms with Crippen molar-refractivity contribution in [2.24, 2.45) is 5.10 Å².